The number of aliphatic hydroxyl groups is 2. The highest BCUT2D eigenvalue weighted by molar-refractivity contribution is 7.84. The Morgan fingerprint density at radius 1 is 1.23 bits per heavy atom. The number of anilines is 1. The predicted molar refractivity (Wildman–Crippen MR) is 115 cm³/mol. The molecule has 0 bridgehead atoms. The third-order valence-electron chi connectivity index (χ3n) is 4.82. The molecule has 4 atom stereocenters. The van der Waals surface area contributed by atoms with Crippen LogP contribution in [0.2, 0.25) is 5.02 Å². The van der Waals surface area contributed by atoms with Gasteiger partial charge in [-0.25, -0.2) is 15.1 Å². The number of nitrogens with one attached hydrogen (secondary N) is 1. The van der Waals surface area contributed by atoms with E-state index in [-0.39, 0.29) is 0 Å². The summed E-state index contributed by atoms with van der Waals surface area (Å²) in [7, 11) is -4.20. The molecule has 3 heterocycles. The number of rotatable bonds is 7. The van der Waals surface area contributed by atoms with E-state index >= 15 is 0 Å². The number of hydrogen-bond acceptors (Lipinski definition) is 10. The van der Waals surface area contributed by atoms with E-state index < -0.39 is 41.3 Å². The zero-order valence-electron chi connectivity index (χ0n) is 15.9. The first-order valence-corrected chi connectivity index (χ1v) is 11.8. The van der Waals surface area contributed by atoms with E-state index in [1.54, 1.807) is 17.5 Å². The van der Waals surface area contributed by atoms with Crippen molar-refractivity contribution >= 4 is 49.3 Å². The fourth-order valence-corrected chi connectivity index (χ4v) is 4.75. The molecule has 13 heteroatoms. The van der Waals surface area contributed by atoms with Crippen molar-refractivity contribution in [3.8, 4) is 0 Å². The number of ether oxygens (including phenoxy) is 1. The van der Waals surface area contributed by atoms with Gasteiger partial charge in [-0.15, -0.1) is 11.3 Å². The monoisotopic (exact) mass is 486 g/mol. The van der Waals surface area contributed by atoms with Gasteiger partial charge in [-0.05, 0) is 23.1 Å². The Morgan fingerprint density at radius 3 is 2.68 bits per heavy atom. The van der Waals surface area contributed by atoms with Crippen LogP contribution in [0.3, 0.4) is 0 Å². The van der Waals surface area contributed by atoms with Crippen molar-refractivity contribution in [2.24, 2.45) is 5.14 Å². The average Bonchev–Trinajstić information content (AvgIpc) is 3.27. The van der Waals surface area contributed by atoms with E-state index in [2.05, 4.69) is 19.5 Å². The van der Waals surface area contributed by atoms with Gasteiger partial charge in [0.1, 0.15) is 36.6 Å². The third-order valence-corrected chi connectivity index (χ3v) is 6.53. The lowest BCUT2D eigenvalue weighted by Gasteiger charge is -2.14. The van der Waals surface area contributed by atoms with Crippen LogP contribution in [0.15, 0.2) is 36.0 Å². The second kappa shape index (κ2) is 8.92. The number of aliphatic hydroxyl groups excluding tert-OH is 2. The Labute approximate surface area is 186 Å². The number of benzene rings is 1. The first-order valence-electron chi connectivity index (χ1n) is 9.12. The number of hydrogen-bond donors (Lipinski definition) is 4. The molecule has 1 aliphatic rings. The molecule has 0 aliphatic carbocycles. The summed E-state index contributed by atoms with van der Waals surface area (Å²) in [5, 5.41) is 31.2. The summed E-state index contributed by atoms with van der Waals surface area (Å²) < 4.78 is 32.9. The van der Waals surface area contributed by atoms with E-state index in [0.717, 1.165) is 10.3 Å². The fraction of sp³-hybridized carbons (Fsp3) is 0.333. The zero-order chi connectivity index (χ0) is 22.2. The van der Waals surface area contributed by atoms with E-state index in [9.17, 15) is 18.6 Å². The van der Waals surface area contributed by atoms with Crippen LogP contribution < -0.4 is 10.5 Å². The molecular weight excluding hydrogens is 468 g/mol. The quantitative estimate of drug-likeness (QED) is 0.386. The Hall–Kier alpha value is -1.90. The van der Waals surface area contributed by atoms with Crippen LogP contribution in [0, 0.1) is 0 Å². The molecule has 166 valence electrons. The van der Waals surface area contributed by atoms with E-state index in [0.29, 0.717) is 28.5 Å². The second-order valence-corrected chi connectivity index (χ2v) is 9.46. The van der Waals surface area contributed by atoms with Crippen LogP contribution in [0.1, 0.15) is 17.2 Å². The molecule has 0 amide bonds. The number of nitrogens with two attached hydrogens (primary N) is 1. The third kappa shape index (κ3) is 4.96. The zero-order valence-corrected chi connectivity index (χ0v) is 18.3. The minimum absolute atomic E-state index is 0.515. The van der Waals surface area contributed by atoms with Crippen molar-refractivity contribution in [2.45, 2.75) is 31.0 Å². The molecule has 1 fully saturated rings. The van der Waals surface area contributed by atoms with E-state index in [4.69, 9.17) is 21.5 Å². The first kappa shape index (κ1) is 22.3. The summed E-state index contributed by atoms with van der Waals surface area (Å²) in [5.74, 6) is 0.610. The molecule has 1 aliphatic heterocycles. The van der Waals surface area contributed by atoms with Gasteiger partial charge in [-0.3, -0.25) is 4.18 Å². The molecule has 1 unspecified atom stereocenters. The molecule has 3 aromatic rings. The van der Waals surface area contributed by atoms with Gasteiger partial charge in [-0.1, -0.05) is 23.7 Å². The largest absolute Gasteiger partial charge is 0.387 e. The highest BCUT2D eigenvalue weighted by Gasteiger charge is 2.45. The van der Waals surface area contributed by atoms with Crippen LogP contribution >= 0.6 is 22.9 Å². The second-order valence-electron chi connectivity index (χ2n) is 6.92. The van der Waals surface area contributed by atoms with Gasteiger partial charge in [0, 0.05) is 17.1 Å². The van der Waals surface area contributed by atoms with Crippen molar-refractivity contribution in [1.29, 1.82) is 0 Å². The van der Waals surface area contributed by atoms with Gasteiger partial charge in [0.25, 0.3) is 0 Å². The maximum absolute atomic E-state index is 11.0. The van der Waals surface area contributed by atoms with Gasteiger partial charge in [0.15, 0.2) is 0 Å². The number of fused-ring (bicyclic) bond motifs is 1. The molecule has 31 heavy (non-hydrogen) atoms. The Bertz CT molecular complexity index is 1170. The van der Waals surface area contributed by atoms with E-state index in [1.165, 1.54) is 17.7 Å². The van der Waals surface area contributed by atoms with Crippen molar-refractivity contribution in [2.75, 3.05) is 11.9 Å². The minimum atomic E-state index is -4.20. The smallest absolute Gasteiger partial charge is 0.333 e. The molecule has 0 radical (unpaired) electrons. The Kier molecular flexibility index (Phi) is 6.42. The number of thiophene rings is 1. The molecule has 4 rings (SSSR count). The molecular formula is C18H19ClN4O6S2. The van der Waals surface area contributed by atoms with Crippen LogP contribution in [-0.4, -0.2) is 53.5 Å². The summed E-state index contributed by atoms with van der Waals surface area (Å²) in [4.78, 5) is 8.60. The van der Waals surface area contributed by atoms with Gasteiger partial charge < -0.3 is 20.3 Å². The summed E-state index contributed by atoms with van der Waals surface area (Å²) in [6.45, 7) is 0.00324. The SMILES string of the molecule is NS(=O)(=O)OC[C@H]1OC(c2csc3c(NCc4ccc(Cl)cc4)ncnc23)[C@H](O)[C@@H]1O. The van der Waals surface area contributed by atoms with Gasteiger partial charge in [0.05, 0.1) is 16.8 Å². The fourth-order valence-electron chi connectivity index (χ4n) is 3.29. The van der Waals surface area contributed by atoms with Crippen LogP contribution in [0.25, 0.3) is 10.2 Å². The molecule has 2 aromatic heterocycles. The van der Waals surface area contributed by atoms with Crippen molar-refractivity contribution < 1.29 is 27.6 Å². The minimum Gasteiger partial charge on any atom is -0.387 e. The van der Waals surface area contributed by atoms with Crippen molar-refractivity contribution in [3.63, 3.8) is 0 Å². The van der Waals surface area contributed by atoms with Crippen molar-refractivity contribution in [3.05, 3.63) is 52.1 Å². The Morgan fingerprint density at radius 2 is 1.97 bits per heavy atom. The number of nitrogens with zero attached hydrogens (tertiary/aromatic N) is 2. The first-order chi connectivity index (χ1) is 14.7. The average molecular weight is 487 g/mol. The number of halogens is 1. The molecule has 1 aromatic carbocycles. The molecule has 5 N–H and O–H groups in total. The maximum atomic E-state index is 11.0. The normalized spacial score (nSPS) is 24.0. The lowest BCUT2D eigenvalue weighted by atomic mass is 10.0. The molecule has 1 saturated heterocycles. The molecule has 0 saturated carbocycles. The number of aromatic nitrogens is 2. The van der Waals surface area contributed by atoms with E-state index in [1.807, 2.05) is 12.1 Å². The summed E-state index contributed by atoms with van der Waals surface area (Å²) in [5.41, 5.74) is 2.13. The molecule has 0 spiro atoms. The highest BCUT2D eigenvalue weighted by Crippen LogP contribution is 2.40. The standard InChI is InChI=1S/C18H19ClN4O6S2/c19-10-3-1-9(2-4-10)5-21-18-17-13(22-8-23-18)11(7-30-17)16-15(25)14(24)12(29-16)6-28-31(20,26)27/h1-4,7-8,12,14-16,24-25H,5-6H2,(H2,20,26,27)(H,21,22,23)/t12-,14-,15-,16?/m1/s1. The van der Waals surface area contributed by atoms with Crippen LogP contribution in [0.5, 0.6) is 0 Å². The molecule has 10 nitrogen and oxygen atoms in total. The Balaban J connectivity index is 1.54. The lowest BCUT2D eigenvalue weighted by Crippen LogP contribution is -2.34. The van der Waals surface area contributed by atoms with Crippen LogP contribution in [0.4, 0.5) is 5.82 Å². The van der Waals surface area contributed by atoms with Crippen LogP contribution in [-0.2, 0) is 25.8 Å². The van der Waals surface area contributed by atoms with Crippen molar-refractivity contribution in [1.82, 2.24) is 9.97 Å². The topological polar surface area (TPSA) is 157 Å². The van der Waals surface area contributed by atoms with Gasteiger partial charge in [-0.2, -0.15) is 8.42 Å². The highest BCUT2D eigenvalue weighted by atomic mass is 35.5. The predicted octanol–water partition coefficient (Wildman–Crippen LogP) is 1.34. The van der Waals surface area contributed by atoms with Gasteiger partial charge in [0.2, 0.25) is 0 Å². The van der Waals surface area contributed by atoms with Gasteiger partial charge >= 0.3 is 10.3 Å². The summed E-state index contributed by atoms with van der Waals surface area (Å²) in [6, 6.07) is 7.41. The summed E-state index contributed by atoms with van der Waals surface area (Å²) in [6.07, 6.45) is -3.25. The lowest BCUT2D eigenvalue weighted by molar-refractivity contribution is -0.0151. The summed E-state index contributed by atoms with van der Waals surface area (Å²) >= 11 is 7.27. The maximum Gasteiger partial charge on any atom is 0.333 e.